The third-order valence-electron chi connectivity index (χ3n) is 3.43. The monoisotopic (exact) mass is 368 g/mol. The Bertz CT molecular complexity index is 811. The molecule has 0 fully saturated rings. The summed E-state index contributed by atoms with van der Waals surface area (Å²) in [5, 5.41) is 0.240. The van der Waals surface area contributed by atoms with E-state index in [9.17, 15) is 13.2 Å². The second kappa shape index (κ2) is 7.76. The van der Waals surface area contributed by atoms with E-state index in [2.05, 4.69) is 21.4 Å². The molecule has 1 N–H and O–H groups in total. The van der Waals surface area contributed by atoms with Gasteiger partial charge in [-0.25, -0.2) is 13.4 Å². The van der Waals surface area contributed by atoms with Gasteiger partial charge in [0.2, 0.25) is 0 Å². The summed E-state index contributed by atoms with van der Waals surface area (Å²) in [5.41, 5.74) is 1.62. The van der Waals surface area contributed by atoms with Crippen LogP contribution in [0, 0.1) is 6.92 Å². The third-order valence-corrected chi connectivity index (χ3v) is 5.84. The fourth-order valence-electron chi connectivity index (χ4n) is 2.14. The molecule has 1 heterocycles. The molecule has 6 nitrogen and oxygen atoms in total. The molecule has 0 aliphatic heterocycles. The number of thiazole rings is 1. The number of methoxy groups -OCH3 is 1. The van der Waals surface area contributed by atoms with E-state index in [1.807, 2.05) is 12.1 Å². The Morgan fingerprint density at radius 1 is 1.29 bits per heavy atom. The SMILES string of the molecule is CCCc1ccc(S(=O)(=O)Nc2nc(CC(=O)OC)c(C)s2)cc1. The second-order valence-electron chi connectivity index (χ2n) is 5.27. The van der Waals surface area contributed by atoms with Gasteiger partial charge in [-0.2, -0.15) is 0 Å². The molecule has 1 aromatic carbocycles. The van der Waals surface area contributed by atoms with E-state index in [1.54, 1.807) is 19.1 Å². The number of anilines is 1. The van der Waals surface area contributed by atoms with E-state index in [0.29, 0.717) is 5.69 Å². The van der Waals surface area contributed by atoms with E-state index in [0.717, 1.165) is 23.3 Å². The molecule has 2 aromatic rings. The highest BCUT2D eigenvalue weighted by Gasteiger charge is 2.18. The molecule has 0 spiro atoms. The number of carbonyl (C=O) groups is 1. The van der Waals surface area contributed by atoms with Gasteiger partial charge in [0.15, 0.2) is 5.13 Å². The summed E-state index contributed by atoms with van der Waals surface area (Å²) in [6.45, 7) is 3.86. The summed E-state index contributed by atoms with van der Waals surface area (Å²) in [5.74, 6) is -0.413. The maximum absolute atomic E-state index is 12.4. The molecule has 0 aliphatic carbocycles. The first kappa shape index (κ1) is 18.4. The molecule has 0 aliphatic rings. The van der Waals surface area contributed by atoms with E-state index >= 15 is 0 Å². The molecule has 1 aromatic heterocycles. The van der Waals surface area contributed by atoms with Gasteiger partial charge >= 0.3 is 5.97 Å². The van der Waals surface area contributed by atoms with Crippen molar-refractivity contribution in [2.24, 2.45) is 0 Å². The quantitative estimate of drug-likeness (QED) is 0.760. The molecule has 0 saturated heterocycles. The highest BCUT2D eigenvalue weighted by molar-refractivity contribution is 7.93. The summed E-state index contributed by atoms with van der Waals surface area (Å²) in [7, 11) is -2.40. The standard InChI is InChI=1S/C16H20N2O4S2/c1-4-5-12-6-8-13(9-7-12)24(20,21)18-16-17-14(11(2)23-16)10-15(19)22-3/h6-9H,4-5,10H2,1-3H3,(H,17,18). The van der Waals surface area contributed by atoms with Crippen molar-refractivity contribution in [2.45, 2.75) is 38.0 Å². The summed E-state index contributed by atoms with van der Waals surface area (Å²) < 4.78 is 31.9. The largest absolute Gasteiger partial charge is 0.469 e. The molecule has 130 valence electrons. The van der Waals surface area contributed by atoms with E-state index in [1.165, 1.54) is 18.4 Å². The van der Waals surface area contributed by atoms with Gasteiger partial charge < -0.3 is 4.74 Å². The molecule has 0 unspecified atom stereocenters. The number of aryl methyl sites for hydroxylation is 2. The molecule has 2 rings (SSSR count). The average Bonchev–Trinajstić information content (AvgIpc) is 2.86. The number of nitrogens with one attached hydrogen (secondary N) is 1. The van der Waals surface area contributed by atoms with Crippen molar-refractivity contribution in [1.29, 1.82) is 0 Å². The van der Waals surface area contributed by atoms with Crippen molar-refractivity contribution in [3.63, 3.8) is 0 Å². The lowest BCUT2D eigenvalue weighted by Gasteiger charge is -2.06. The summed E-state index contributed by atoms with van der Waals surface area (Å²) in [6.07, 6.45) is 1.94. The summed E-state index contributed by atoms with van der Waals surface area (Å²) in [6, 6.07) is 6.80. The molecule has 0 saturated carbocycles. The lowest BCUT2D eigenvalue weighted by Crippen LogP contribution is -2.13. The number of esters is 1. The van der Waals surface area contributed by atoms with Crippen molar-refractivity contribution < 1.29 is 17.9 Å². The molecule has 0 bridgehead atoms. The van der Waals surface area contributed by atoms with Gasteiger partial charge in [-0.3, -0.25) is 9.52 Å². The number of benzene rings is 1. The zero-order valence-corrected chi connectivity index (χ0v) is 15.5. The lowest BCUT2D eigenvalue weighted by molar-refractivity contribution is -0.139. The Kier molecular flexibility index (Phi) is 5.95. The van der Waals surface area contributed by atoms with Gasteiger partial charge in [-0.05, 0) is 31.0 Å². The molecule has 0 amide bonds. The number of aromatic nitrogens is 1. The Morgan fingerprint density at radius 2 is 1.96 bits per heavy atom. The number of ether oxygens (including phenoxy) is 1. The van der Waals surface area contributed by atoms with Crippen molar-refractivity contribution in [2.75, 3.05) is 11.8 Å². The molecule has 0 atom stereocenters. The molecular formula is C16H20N2O4S2. The maximum atomic E-state index is 12.4. The van der Waals surface area contributed by atoms with Gasteiger partial charge in [0.1, 0.15) is 0 Å². The molecular weight excluding hydrogens is 348 g/mol. The van der Waals surface area contributed by atoms with Gasteiger partial charge in [-0.15, -0.1) is 11.3 Å². The van der Waals surface area contributed by atoms with Crippen LogP contribution in [0.2, 0.25) is 0 Å². The van der Waals surface area contributed by atoms with Crippen LogP contribution in [0.1, 0.15) is 29.5 Å². The topological polar surface area (TPSA) is 85.4 Å². The van der Waals surface area contributed by atoms with Crippen molar-refractivity contribution in [1.82, 2.24) is 4.98 Å². The predicted octanol–water partition coefficient (Wildman–Crippen LogP) is 2.92. The smallest absolute Gasteiger partial charge is 0.311 e. The Balaban J connectivity index is 2.17. The fraction of sp³-hybridized carbons (Fsp3) is 0.375. The zero-order chi connectivity index (χ0) is 17.7. The predicted molar refractivity (Wildman–Crippen MR) is 93.8 cm³/mol. The van der Waals surface area contributed by atoms with Gasteiger partial charge in [0, 0.05) is 4.88 Å². The van der Waals surface area contributed by atoms with Crippen LogP contribution in [-0.4, -0.2) is 26.5 Å². The number of hydrogen-bond donors (Lipinski definition) is 1. The number of hydrogen-bond acceptors (Lipinski definition) is 6. The second-order valence-corrected chi connectivity index (χ2v) is 8.16. The van der Waals surface area contributed by atoms with Gasteiger partial charge in [-0.1, -0.05) is 25.5 Å². The maximum Gasteiger partial charge on any atom is 0.311 e. The highest BCUT2D eigenvalue weighted by Crippen LogP contribution is 2.25. The molecule has 24 heavy (non-hydrogen) atoms. The minimum absolute atomic E-state index is 0.0201. The first-order valence-electron chi connectivity index (χ1n) is 7.50. The van der Waals surface area contributed by atoms with Gasteiger partial charge in [0.25, 0.3) is 10.0 Å². The molecule has 0 radical (unpaired) electrons. The van der Waals surface area contributed by atoms with Gasteiger partial charge in [0.05, 0.1) is 24.1 Å². The van der Waals surface area contributed by atoms with Crippen LogP contribution >= 0.6 is 11.3 Å². The van der Waals surface area contributed by atoms with Crippen LogP contribution in [0.4, 0.5) is 5.13 Å². The first-order valence-corrected chi connectivity index (χ1v) is 9.80. The fourth-order valence-corrected chi connectivity index (χ4v) is 4.21. The number of sulfonamides is 1. The first-order chi connectivity index (χ1) is 11.4. The van der Waals surface area contributed by atoms with E-state index in [-0.39, 0.29) is 16.4 Å². The normalized spacial score (nSPS) is 11.3. The van der Waals surface area contributed by atoms with Crippen molar-refractivity contribution in [3.05, 3.63) is 40.4 Å². The number of rotatable bonds is 7. The van der Waals surface area contributed by atoms with E-state index < -0.39 is 16.0 Å². The highest BCUT2D eigenvalue weighted by atomic mass is 32.2. The minimum Gasteiger partial charge on any atom is -0.469 e. The van der Waals surface area contributed by atoms with Crippen LogP contribution in [0.3, 0.4) is 0 Å². The van der Waals surface area contributed by atoms with Crippen molar-refractivity contribution in [3.8, 4) is 0 Å². The van der Waals surface area contributed by atoms with Crippen LogP contribution in [0.25, 0.3) is 0 Å². The van der Waals surface area contributed by atoms with E-state index in [4.69, 9.17) is 0 Å². The lowest BCUT2D eigenvalue weighted by atomic mass is 10.1. The summed E-state index contributed by atoms with van der Waals surface area (Å²) >= 11 is 1.19. The number of carbonyl (C=O) groups excluding carboxylic acids is 1. The zero-order valence-electron chi connectivity index (χ0n) is 13.8. The molecule has 8 heteroatoms. The Hall–Kier alpha value is -1.93. The van der Waals surface area contributed by atoms with Crippen LogP contribution in [-0.2, 0) is 32.4 Å². The van der Waals surface area contributed by atoms with Crippen LogP contribution < -0.4 is 4.72 Å². The Morgan fingerprint density at radius 3 is 2.54 bits per heavy atom. The average molecular weight is 368 g/mol. The minimum atomic E-state index is -3.70. The number of nitrogens with zero attached hydrogens (tertiary/aromatic N) is 1. The van der Waals surface area contributed by atoms with Crippen molar-refractivity contribution >= 4 is 32.5 Å². The summed E-state index contributed by atoms with van der Waals surface area (Å²) in [4.78, 5) is 16.5. The van der Waals surface area contributed by atoms with Crippen LogP contribution in [0.5, 0.6) is 0 Å². The van der Waals surface area contributed by atoms with Crippen LogP contribution in [0.15, 0.2) is 29.2 Å². The Labute approximate surface area is 145 Å². The third kappa shape index (κ3) is 4.55.